The van der Waals surface area contributed by atoms with Crippen LogP contribution in [-0.2, 0) is 4.74 Å². The van der Waals surface area contributed by atoms with E-state index in [1.807, 2.05) is 0 Å². The first kappa shape index (κ1) is 15.3. The highest BCUT2D eigenvalue weighted by Crippen LogP contribution is 2.29. The number of benzene rings is 1. The molecule has 8 heteroatoms. The summed E-state index contributed by atoms with van der Waals surface area (Å²) in [5, 5.41) is 6.90. The Morgan fingerprint density at radius 3 is 2.64 bits per heavy atom. The zero-order valence-electron chi connectivity index (χ0n) is 13.1. The fourth-order valence-corrected chi connectivity index (χ4v) is 2.69. The van der Waals surface area contributed by atoms with E-state index in [2.05, 4.69) is 20.2 Å². The number of nitrogens with one attached hydrogen (secondary N) is 1. The molecular formula is C17H14FN5O2. The third-order valence-electron chi connectivity index (χ3n) is 3.99. The number of carbonyl (C=O) groups is 1. The summed E-state index contributed by atoms with van der Waals surface area (Å²) >= 11 is 0. The summed E-state index contributed by atoms with van der Waals surface area (Å²) in [7, 11) is 0. The lowest BCUT2D eigenvalue weighted by Crippen LogP contribution is -2.39. The molecule has 3 heterocycles. The second-order valence-electron chi connectivity index (χ2n) is 5.58. The number of anilines is 1. The zero-order chi connectivity index (χ0) is 17.2. The van der Waals surface area contributed by atoms with Gasteiger partial charge in [0.15, 0.2) is 5.82 Å². The maximum absolute atomic E-state index is 13.0. The maximum atomic E-state index is 13.0. The lowest BCUT2D eigenvalue weighted by molar-refractivity contribution is 0.0836. The van der Waals surface area contributed by atoms with Crippen LogP contribution in [0.3, 0.4) is 0 Å². The van der Waals surface area contributed by atoms with Gasteiger partial charge in [-0.15, -0.1) is 5.10 Å². The molecule has 1 N–H and O–H groups in total. The summed E-state index contributed by atoms with van der Waals surface area (Å²) in [5.74, 6) is 0.483. The quantitative estimate of drug-likeness (QED) is 0.793. The molecule has 1 amide bonds. The van der Waals surface area contributed by atoms with Gasteiger partial charge in [-0.3, -0.25) is 10.1 Å². The molecule has 0 aliphatic carbocycles. The van der Waals surface area contributed by atoms with Crippen molar-refractivity contribution in [1.82, 2.24) is 20.2 Å². The fraction of sp³-hybridized carbons (Fsp3) is 0.176. The number of aromatic amines is 1. The molecule has 1 aromatic carbocycles. The number of ether oxygens (including phenoxy) is 1. The molecule has 0 saturated carbocycles. The Bertz CT molecular complexity index is 882. The van der Waals surface area contributed by atoms with Gasteiger partial charge in [-0.25, -0.2) is 14.1 Å². The molecule has 0 bridgehead atoms. The van der Waals surface area contributed by atoms with Gasteiger partial charge in [0.25, 0.3) is 5.95 Å². The van der Waals surface area contributed by atoms with Crippen molar-refractivity contribution in [3.8, 4) is 11.4 Å². The summed E-state index contributed by atoms with van der Waals surface area (Å²) in [6, 6.07) is 9.54. The Morgan fingerprint density at radius 1 is 1.16 bits per heavy atom. The van der Waals surface area contributed by atoms with E-state index in [0.29, 0.717) is 18.8 Å². The molecule has 0 spiro atoms. The minimum absolute atomic E-state index is 0.259. The molecule has 1 atom stereocenters. The summed E-state index contributed by atoms with van der Waals surface area (Å²) in [6.45, 7) is 0.411. The highest BCUT2D eigenvalue weighted by atomic mass is 19.1. The molecule has 3 aromatic rings. The summed E-state index contributed by atoms with van der Waals surface area (Å²) < 4.78 is 18.5. The molecule has 126 valence electrons. The summed E-state index contributed by atoms with van der Waals surface area (Å²) in [6.07, 6.45) is 2.94. The molecule has 2 aromatic heterocycles. The van der Waals surface area contributed by atoms with Crippen LogP contribution in [0.15, 0.2) is 48.8 Å². The summed E-state index contributed by atoms with van der Waals surface area (Å²) in [5.41, 5.74) is 1.59. The van der Waals surface area contributed by atoms with Gasteiger partial charge in [0.2, 0.25) is 0 Å². The Hall–Kier alpha value is -3.29. The van der Waals surface area contributed by atoms with Crippen molar-refractivity contribution < 1.29 is 13.9 Å². The maximum Gasteiger partial charge on any atom is 0.417 e. The average molecular weight is 339 g/mol. The number of cyclic esters (lactones) is 1. The molecular weight excluding hydrogens is 325 g/mol. The topological polar surface area (TPSA) is 84.0 Å². The van der Waals surface area contributed by atoms with E-state index in [1.54, 1.807) is 36.7 Å². The average Bonchev–Trinajstić information content (AvgIpc) is 3.13. The van der Waals surface area contributed by atoms with E-state index in [1.165, 1.54) is 17.0 Å². The van der Waals surface area contributed by atoms with Crippen molar-refractivity contribution in [2.24, 2.45) is 0 Å². The van der Waals surface area contributed by atoms with Crippen LogP contribution < -0.4 is 4.90 Å². The van der Waals surface area contributed by atoms with E-state index in [-0.39, 0.29) is 11.8 Å². The van der Waals surface area contributed by atoms with Crippen molar-refractivity contribution >= 4 is 12.0 Å². The van der Waals surface area contributed by atoms with Gasteiger partial charge in [-0.1, -0.05) is 12.1 Å². The first-order valence-corrected chi connectivity index (χ1v) is 7.77. The Labute approximate surface area is 142 Å². The molecule has 25 heavy (non-hydrogen) atoms. The van der Waals surface area contributed by atoms with Crippen LogP contribution in [0.4, 0.5) is 15.1 Å². The minimum Gasteiger partial charge on any atom is -0.441 e. The second-order valence-corrected chi connectivity index (χ2v) is 5.58. The highest BCUT2D eigenvalue weighted by Gasteiger charge is 2.31. The number of carbonyl (C=O) groups excluding carboxylic acids is 1. The minimum atomic E-state index is -0.527. The molecule has 1 unspecified atom stereocenters. The van der Waals surface area contributed by atoms with Gasteiger partial charge >= 0.3 is 6.09 Å². The van der Waals surface area contributed by atoms with E-state index in [4.69, 9.17) is 4.74 Å². The van der Waals surface area contributed by atoms with Crippen LogP contribution in [0.1, 0.15) is 18.1 Å². The Morgan fingerprint density at radius 2 is 1.92 bits per heavy atom. The van der Waals surface area contributed by atoms with Crippen LogP contribution >= 0.6 is 0 Å². The number of pyridine rings is 1. The second kappa shape index (κ2) is 6.31. The molecule has 1 fully saturated rings. The van der Waals surface area contributed by atoms with Crippen LogP contribution in [0.2, 0.25) is 0 Å². The summed E-state index contributed by atoms with van der Waals surface area (Å²) in [4.78, 5) is 22.0. The van der Waals surface area contributed by atoms with Crippen LogP contribution in [-0.4, -0.2) is 32.8 Å². The third kappa shape index (κ3) is 3.06. The van der Waals surface area contributed by atoms with Crippen LogP contribution in [0.5, 0.6) is 0 Å². The van der Waals surface area contributed by atoms with E-state index in [9.17, 15) is 9.18 Å². The number of rotatable bonds is 3. The monoisotopic (exact) mass is 339 g/mol. The lowest BCUT2D eigenvalue weighted by atomic mass is 10.1. The van der Waals surface area contributed by atoms with E-state index < -0.39 is 12.2 Å². The molecule has 1 aliphatic heterocycles. The normalized spacial score (nSPS) is 17.4. The van der Waals surface area contributed by atoms with Crippen molar-refractivity contribution in [2.45, 2.75) is 12.5 Å². The van der Waals surface area contributed by atoms with Crippen molar-refractivity contribution in [3.63, 3.8) is 0 Å². The number of amides is 1. The van der Waals surface area contributed by atoms with Gasteiger partial charge in [0, 0.05) is 30.9 Å². The van der Waals surface area contributed by atoms with Gasteiger partial charge < -0.3 is 4.74 Å². The smallest absolute Gasteiger partial charge is 0.417 e. The fourth-order valence-electron chi connectivity index (χ4n) is 2.69. The molecule has 4 rings (SSSR count). The SMILES string of the molecule is O=C1OC(c2ccc(F)cc2)CCN1c1n[nH]c(-c2ccncc2)n1. The third-order valence-corrected chi connectivity index (χ3v) is 3.99. The van der Waals surface area contributed by atoms with E-state index >= 15 is 0 Å². The largest absolute Gasteiger partial charge is 0.441 e. The number of halogens is 1. The number of H-pyrrole nitrogens is 1. The van der Waals surface area contributed by atoms with Gasteiger partial charge in [-0.05, 0) is 29.8 Å². The van der Waals surface area contributed by atoms with Crippen molar-refractivity contribution in [1.29, 1.82) is 0 Å². The number of hydrogen-bond acceptors (Lipinski definition) is 5. The van der Waals surface area contributed by atoms with Gasteiger partial charge in [-0.2, -0.15) is 4.98 Å². The Balaban J connectivity index is 1.49. The predicted octanol–water partition coefficient (Wildman–Crippen LogP) is 3.09. The molecule has 7 nitrogen and oxygen atoms in total. The van der Waals surface area contributed by atoms with Gasteiger partial charge in [0.05, 0.1) is 0 Å². The molecule has 0 radical (unpaired) electrons. The highest BCUT2D eigenvalue weighted by molar-refractivity contribution is 5.86. The lowest BCUT2D eigenvalue weighted by Gasteiger charge is -2.29. The first-order valence-electron chi connectivity index (χ1n) is 7.77. The number of nitrogens with zero attached hydrogens (tertiary/aromatic N) is 4. The number of aromatic nitrogens is 4. The van der Waals surface area contributed by atoms with Crippen LogP contribution in [0.25, 0.3) is 11.4 Å². The predicted molar refractivity (Wildman–Crippen MR) is 87.2 cm³/mol. The van der Waals surface area contributed by atoms with E-state index in [0.717, 1.165) is 11.1 Å². The zero-order valence-corrected chi connectivity index (χ0v) is 13.1. The molecule has 1 saturated heterocycles. The number of hydrogen-bond donors (Lipinski definition) is 1. The van der Waals surface area contributed by atoms with Crippen molar-refractivity contribution in [2.75, 3.05) is 11.4 Å². The molecule has 1 aliphatic rings. The standard InChI is InChI=1S/C17H14FN5O2/c18-13-3-1-11(2-4-13)14-7-10-23(17(24)25-14)16-20-15(21-22-16)12-5-8-19-9-6-12/h1-6,8-9,14H,7,10H2,(H,20,21,22). The van der Waals surface area contributed by atoms with Gasteiger partial charge in [0.1, 0.15) is 11.9 Å². The first-order chi connectivity index (χ1) is 12.2. The Kier molecular flexibility index (Phi) is 3.85. The van der Waals surface area contributed by atoms with Crippen LogP contribution in [0, 0.1) is 5.82 Å². The van der Waals surface area contributed by atoms with Crippen molar-refractivity contribution in [3.05, 3.63) is 60.2 Å².